The first-order chi connectivity index (χ1) is 20.6. The number of carbonyl (C=O) groups is 2. The fourth-order valence-electron chi connectivity index (χ4n) is 5.15. The van der Waals surface area contributed by atoms with Gasteiger partial charge < -0.3 is 19.0 Å². The largest absolute Gasteiger partial charge is 0.462 e. The van der Waals surface area contributed by atoms with Crippen LogP contribution >= 0.6 is 0 Å². The van der Waals surface area contributed by atoms with Gasteiger partial charge in [0.15, 0.2) is 0 Å². The van der Waals surface area contributed by atoms with Crippen molar-refractivity contribution in [1.29, 1.82) is 0 Å². The number of esters is 1. The van der Waals surface area contributed by atoms with Gasteiger partial charge in [0.25, 0.3) is 0 Å². The smallest absolute Gasteiger partial charge is 0.407 e. The van der Waals surface area contributed by atoms with Crippen LogP contribution in [0.2, 0.25) is 0 Å². The summed E-state index contributed by atoms with van der Waals surface area (Å²) in [5.41, 5.74) is 5.75. The first kappa shape index (κ1) is 29.8. The highest BCUT2D eigenvalue weighted by Gasteiger charge is 2.30. The van der Waals surface area contributed by atoms with Crippen LogP contribution in [-0.2, 0) is 24.4 Å². The molecule has 1 unspecified atom stereocenters. The molecule has 0 bridgehead atoms. The lowest BCUT2D eigenvalue weighted by molar-refractivity contribution is -0.149. The van der Waals surface area contributed by atoms with E-state index >= 15 is 0 Å². The van der Waals surface area contributed by atoms with Gasteiger partial charge in [-0.2, -0.15) is 8.42 Å². The van der Waals surface area contributed by atoms with Crippen LogP contribution in [0.5, 0.6) is 5.75 Å². The Morgan fingerprint density at radius 3 is 2.09 bits per heavy atom. The first-order valence-corrected chi connectivity index (χ1v) is 15.4. The number of rotatable bonds is 10. The summed E-state index contributed by atoms with van der Waals surface area (Å²) in [6.45, 7) is 5.30. The fourth-order valence-corrected chi connectivity index (χ4v) is 6.07. The van der Waals surface area contributed by atoms with E-state index in [4.69, 9.17) is 13.7 Å². The molecule has 222 valence electrons. The van der Waals surface area contributed by atoms with Gasteiger partial charge in [0, 0.05) is 12.5 Å². The molecule has 0 fully saturated rings. The van der Waals surface area contributed by atoms with Crippen molar-refractivity contribution in [3.63, 3.8) is 0 Å². The van der Waals surface area contributed by atoms with Crippen molar-refractivity contribution in [2.45, 2.75) is 43.6 Å². The predicted molar refractivity (Wildman–Crippen MR) is 162 cm³/mol. The Labute approximate surface area is 251 Å². The van der Waals surface area contributed by atoms with Crippen molar-refractivity contribution in [2.24, 2.45) is 0 Å². The van der Waals surface area contributed by atoms with Crippen LogP contribution in [0.1, 0.15) is 47.9 Å². The molecule has 0 spiro atoms. The lowest BCUT2D eigenvalue weighted by Crippen LogP contribution is -2.34. The van der Waals surface area contributed by atoms with E-state index < -0.39 is 34.2 Å². The molecule has 0 aliphatic heterocycles. The molecular weight excluding hydrogens is 566 g/mol. The fraction of sp³-hybridized carbons (Fsp3) is 0.235. The van der Waals surface area contributed by atoms with E-state index in [2.05, 4.69) is 17.4 Å². The van der Waals surface area contributed by atoms with Crippen LogP contribution in [0.15, 0.2) is 102 Å². The van der Waals surface area contributed by atoms with E-state index in [9.17, 15) is 18.0 Å². The van der Waals surface area contributed by atoms with Gasteiger partial charge in [-0.25, -0.2) is 4.79 Å². The number of carbonyl (C=O) groups excluding carboxylic acids is 2. The van der Waals surface area contributed by atoms with E-state index in [1.54, 1.807) is 38.1 Å². The minimum Gasteiger partial charge on any atom is -0.462 e. The number of aryl methyl sites for hydroxylation is 1. The number of amides is 1. The second kappa shape index (κ2) is 12.7. The standard InChI is InChI=1S/C34H33NO7S/c1-22(2)41-33(36)31(24-9-8-10-25(19-24)42-43(38,39)26-17-15-23(3)16-18-26)20-35-34(37)40-21-32-29-13-6-4-11-27(29)28-12-5-7-14-30(28)32/h4-19,22,31-32H,20-21H2,1-3H3,(H,35,37). The third-order valence-electron chi connectivity index (χ3n) is 7.21. The molecule has 1 amide bonds. The summed E-state index contributed by atoms with van der Waals surface area (Å²) >= 11 is 0. The second-order valence-corrected chi connectivity index (χ2v) is 12.2. The van der Waals surface area contributed by atoms with Crippen molar-refractivity contribution < 1.29 is 31.7 Å². The van der Waals surface area contributed by atoms with E-state index in [-0.39, 0.29) is 29.7 Å². The number of hydrogen-bond acceptors (Lipinski definition) is 7. The summed E-state index contributed by atoms with van der Waals surface area (Å²) in [4.78, 5) is 25.9. The Morgan fingerprint density at radius 1 is 0.837 bits per heavy atom. The highest BCUT2D eigenvalue weighted by atomic mass is 32.2. The van der Waals surface area contributed by atoms with Gasteiger partial charge in [-0.1, -0.05) is 78.4 Å². The van der Waals surface area contributed by atoms with Crippen molar-refractivity contribution in [2.75, 3.05) is 13.2 Å². The van der Waals surface area contributed by atoms with Crippen LogP contribution < -0.4 is 9.50 Å². The molecule has 5 rings (SSSR count). The molecule has 0 heterocycles. The van der Waals surface area contributed by atoms with Gasteiger partial charge in [0.2, 0.25) is 0 Å². The number of fused-ring (bicyclic) bond motifs is 3. The van der Waals surface area contributed by atoms with Crippen LogP contribution in [0.4, 0.5) is 4.79 Å². The molecule has 4 aromatic rings. The Balaban J connectivity index is 1.28. The van der Waals surface area contributed by atoms with E-state index in [0.717, 1.165) is 27.8 Å². The zero-order valence-electron chi connectivity index (χ0n) is 24.1. The Bertz CT molecular complexity index is 1690. The van der Waals surface area contributed by atoms with Gasteiger partial charge in [0.1, 0.15) is 17.3 Å². The average Bonchev–Trinajstić information content (AvgIpc) is 3.29. The topological polar surface area (TPSA) is 108 Å². The van der Waals surface area contributed by atoms with Gasteiger partial charge in [-0.15, -0.1) is 0 Å². The highest BCUT2D eigenvalue weighted by Crippen LogP contribution is 2.44. The number of ether oxygens (including phenoxy) is 2. The number of hydrogen-bond donors (Lipinski definition) is 1. The molecule has 0 aromatic heterocycles. The summed E-state index contributed by atoms with van der Waals surface area (Å²) in [6.07, 6.45) is -1.08. The van der Waals surface area contributed by atoms with Crippen molar-refractivity contribution in [3.8, 4) is 16.9 Å². The molecule has 1 aliphatic rings. The van der Waals surface area contributed by atoms with E-state index in [0.29, 0.717) is 5.56 Å². The molecule has 9 heteroatoms. The molecule has 4 aromatic carbocycles. The molecular formula is C34H33NO7S. The van der Waals surface area contributed by atoms with Crippen LogP contribution in [0.25, 0.3) is 11.1 Å². The van der Waals surface area contributed by atoms with Gasteiger partial charge in [0.05, 0.1) is 12.0 Å². The van der Waals surface area contributed by atoms with E-state index in [1.807, 2.05) is 43.3 Å². The third-order valence-corrected chi connectivity index (χ3v) is 8.47. The van der Waals surface area contributed by atoms with Gasteiger partial charge >= 0.3 is 22.2 Å². The van der Waals surface area contributed by atoms with Crippen LogP contribution in [0.3, 0.4) is 0 Å². The molecule has 8 nitrogen and oxygen atoms in total. The molecule has 0 saturated carbocycles. The second-order valence-electron chi connectivity index (χ2n) is 10.7. The summed E-state index contributed by atoms with van der Waals surface area (Å²) in [5.74, 6) is -1.59. The van der Waals surface area contributed by atoms with Gasteiger partial charge in [-0.3, -0.25) is 4.79 Å². The molecule has 1 N–H and O–H groups in total. The Hall–Kier alpha value is -4.63. The SMILES string of the molecule is Cc1ccc(S(=O)(=O)Oc2cccc(C(CNC(=O)OCC3c4ccccc4-c4ccccc43)C(=O)OC(C)C)c2)cc1. The summed E-state index contributed by atoms with van der Waals surface area (Å²) in [5, 5.41) is 2.69. The lowest BCUT2D eigenvalue weighted by Gasteiger charge is -2.20. The van der Waals surface area contributed by atoms with E-state index in [1.165, 1.54) is 24.3 Å². The number of nitrogens with one attached hydrogen (secondary N) is 1. The molecule has 43 heavy (non-hydrogen) atoms. The Kier molecular flexibility index (Phi) is 8.82. The molecule has 1 aliphatic carbocycles. The quantitative estimate of drug-likeness (QED) is 0.167. The van der Waals surface area contributed by atoms with Crippen molar-refractivity contribution >= 4 is 22.2 Å². The Morgan fingerprint density at radius 2 is 1.47 bits per heavy atom. The minimum atomic E-state index is -4.10. The molecule has 0 saturated heterocycles. The third kappa shape index (κ3) is 6.89. The predicted octanol–water partition coefficient (Wildman–Crippen LogP) is 6.34. The first-order valence-electron chi connectivity index (χ1n) is 14.0. The number of alkyl carbamates (subject to hydrolysis) is 1. The van der Waals surface area contributed by atoms with Crippen molar-refractivity contribution in [1.82, 2.24) is 5.32 Å². The van der Waals surface area contributed by atoms with Crippen molar-refractivity contribution in [3.05, 3.63) is 119 Å². The zero-order valence-corrected chi connectivity index (χ0v) is 25.0. The lowest BCUT2D eigenvalue weighted by atomic mass is 9.98. The normalized spacial score (nSPS) is 13.1. The molecule has 0 radical (unpaired) electrons. The molecule has 1 atom stereocenters. The van der Waals surface area contributed by atoms with Crippen LogP contribution in [-0.4, -0.2) is 39.7 Å². The minimum absolute atomic E-state index is 0.0104. The summed E-state index contributed by atoms with van der Waals surface area (Å²) < 4.78 is 42.1. The average molecular weight is 600 g/mol. The maximum Gasteiger partial charge on any atom is 0.407 e. The van der Waals surface area contributed by atoms with Gasteiger partial charge in [-0.05, 0) is 72.9 Å². The maximum absolute atomic E-state index is 13.1. The summed E-state index contributed by atoms with van der Waals surface area (Å²) in [6, 6.07) is 28.6. The monoisotopic (exact) mass is 599 g/mol. The number of benzene rings is 4. The van der Waals surface area contributed by atoms with Crippen LogP contribution in [0, 0.1) is 6.92 Å². The highest BCUT2D eigenvalue weighted by molar-refractivity contribution is 7.87. The zero-order chi connectivity index (χ0) is 30.6. The summed E-state index contributed by atoms with van der Waals surface area (Å²) in [7, 11) is -4.10. The maximum atomic E-state index is 13.1.